The van der Waals surface area contributed by atoms with E-state index < -0.39 is 4.92 Å². The fourth-order valence-electron chi connectivity index (χ4n) is 2.29. The Balaban J connectivity index is 1.77. The second kappa shape index (κ2) is 9.65. The average Bonchev–Trinajstić information content (AvgIpc) is 2.62. The molecule has 0 radical (unpaired) electrons. The van der Waals surface area contributed by atoms with E-state index in [2.05, 4.69) is 10.6 Å². The van der Waals surface area contributed by atoms with Gasteiger partial charge in [0.2, 0.25) is 11.8 Å². The van der Waals surface area contributed by atoms with Crippen LogP contribution in [0.5, 0.6) is 0 Å². The lowest BCUT2D eigenvalue weighted by atomic mass is 10.2. The van der Waals surface area contributed by atoms with Gasteiger partial charge in [0.05, 0.1) is 22.2 Å². The van der Waals surface area contributed by atoms with E-state index in [4.69, 9.17) is 11.6 Å². The van der Waals surface area contributed by atoms with E-state index in [1.807, 2.05) is 0 Å². The summed E-state index contributed by atoms with van der Waals surface area (Å²) in [6.07, 6.45) is 0.137. The van der Waals surface area contributed by atoms with Crippen LogP contribution in [0.4, 0.5) is 17.1 Å². The molecular formula is C18H19ClN4O4. The number of non-ortho nitro benzene ring substituents is 1. The normalized spacial score (nSPS) is 10.5. The van der Waals surface area contributed by atoms with Crippen molar-refractivity contribution in [2.75, 3.05) is 30.8 Å². The lowest BCUT2D eigenvalue weighted by molar-refractivity contribution is -0.384. The minimum atomic E-state index is -0.527. The van der Waals surface area contributed by atoms with Gasteiger partial charge in [0, 0.05) is 30.8 Å². The molecule has 2 N–H and O–H groups in total. The quantitative estimate of drug-likeness (QED) is 0.532. The molecular weight excluding hydrogens is 372 g/mol. The van der Waals surface area contributed by atoms with Crippen molar-refractivity contribution < 1.29 is 14.5 Å². The Bertz CT molecular complexity index is 844. The number of nitrogens with one attached hydrogen (secondary N) is 2. The highest BCUT2D eigenvalue weighted by atomic mass is 35.5. The fraction of sp³-hybridized carbons (Fsp3) is 0.222. The van der Waals surface area contributed by atoms with Crippen LogP contribution < -0.4 is 10.6 Å². The first-order valence-electron chi connectivity index (χ1n) is 8.12. The number of amides is 2. The van der Waals surface area contributed by atoms with Gasteiger partial charge in [-0.15, -0.1) is 0 Å². The summed E-state index contributed by atoms with van der Waals surface area (Å²) in [6, 6.07) is 12.6. The topological polar surface area (TPSA) is 105 Å². The van der Waals surface area contributed by atoms with Crippen LogP contribution in [0.25, 0.3) is 0 Å². The number of para-hydroxylation sites is 1. The molecule has 0 fully saturated rings. The van der Waals surface area contributed by atoms with Crippen molar-refractivity contribution in [2.24, 2.45) is 0 Å². The van der Waals surface area contributed by atoms with Crippen molar-refractivity contribution in [3.05, 3.63) is 63.7 Å². The Morgan fingerprint density at radius 2 is 1.85 bits per heavy atom. The van der Waals surface area contributed by atoms with Gasteiger partial charge in [-0.2, -0.15) is 0 Å². The molecule has 0 bridgehead atoms. The number of likely N-dealkylation sites (N-methyl/N-ethyl adjacent to an activating group) is 1. The van der Waals surface area contributed by atoms with E-state index in [1.54, 1.807) is 42.3 Å². The number of nitrogens with zero attached hydrogens (tertiary/aromatic N) is 2. The van der Waals surface area contributed by atoms with Gasteiger partial charge in [-0.3, -0.25) is 24.6 Å². The number of nitro benzene ring substituents is 1. The molecule has 2 rings (SSSR count). The van der Waals surface area contributed by atoms with Crippen molar-refractivity contribution in [3.8, 4) is 0 Å². The molecule has 2 amide bonds. The number of carbonyl (C=O) groups excluding carboxylic acids is 2. The molecule has 142 valence electrons. The van der Waals surface area contributed by atoms with Crippen LogP contribution in [0.15, 0.2) is 48.5 Å². The zero-order chi connectivity index (χ0) is 19.8. The largest absolute Gasteiger partial charge is 0.326 e. The van der Waals surface area contributed by atoms with Gasteiger partial charge in [0.1, 0.15) is 0 Å². The van der Waals surface area contributed by atoms with E-state index in [-0.39, 0.29) is 30.5 Å². The number of hydrogen-bond donors (Lipinski definition) is 2. The van der Waals surface area contributed by atoms with Gasteiger partial charge in [-0.25, -0.2) is 0 Å². The van der Waals surface area contributed by atoms with Gasteiger partial charge in [0.25, 0.3) is 5.69 Å². The molecule has 0 spiro atoms. The van der Waals surface area contributed by atoms with E-state index in [9.17, 15) is 19.7 Å². The van der Waals surface area contributed by atoms with Crippen molar-refractivity contribution in [1.82, 2.24) is 4.90 Å². The van der Waals surface area contributed by atoms with Gasteiger partial charge >= 0.3 is 0 Å². The minimum Gasteiger partial charge on any atom is -0.326 e. The summed E-state index contributed by atoms with van der Waals surface area (Å²) in [6.45, 7) is 0.437. The third kappa shape index (κ3) is 6.69. The van der Waals surface area contributed by atoms with Gasteiger partial charge in [0.15, 0.2) is 0 Å². The van der Waals surface area contributed by atoms with Crippen LogP contribution in [0, 0.1) is 10.1 Å². The maximum Gasteiger partial charge on any atom is 0.271 e. The molecule has 27 heavy (non-hydrogen) atoms. The van der Waals surface area contributed by atoms with Gasteiger partial charge < -0.3 is 10.6 Å². The van der Waals surface area contributed by atoms with E-state index in [1.165, 1.54) is 18.2 Å². The molecule has 0 saturated heterocycles. The first-order valence-corrected chi connectivity index (χ1v) is 8.50. The first-order chi connectivity index (χ1) is 12.8. The monoisotopic (exact) mass is 390 g/mol. The van der Waals surface area contributed by atoms with E-state index >= 15 is 0 Å². The second-order valence-electron chi connectivity index (χ2n) is 5.87. The lowest BCUT2D eigenvalue weighted by Gasteiger charge is -2.16. The number of halogens is 1. The summed E-state index contributed by atoms with van der Waals surface area (Å²) in [4.78, 5) is 35.9. The number of benzene rings is 2. The Morgan fingerprint density at radius 3 is 2.56 bits per heavy atom. The number of carbonyl (C=O) groups is 2. The first kappa shape index (κ1) is 20.3. The molecule has 0 aromatic heterocycles. The zero-order valence-corrected chi connectivity index (χ0v) is 15.4. The number of hydrogen-bond acceptors (Lipinski definition) is 5. The molecule has 0 aliphatic carbocycles. The van der Waals surface area contributed by atoms with Crippen molar-refractivity contribution in [2.45, 2.75) is 6.42 Å². The molecule has 2 aromatic carbocycles. The molecule has 9 heteroatoms. The highest BCUT2D eigenvalue weighted by Gasteiger charge is 2.12. The van der Waals surface area contributed by atoms with Crippen LogP contribution in [0.2, 0.25) is 5.02 Å². The smallest absolute Gasteiger partial charge is 0.271 e. The van der Waals surface area contributed by atoms with Crippen LogP contribution in [-0.4, -0.2) is 41.8 Å². The van der Waals surface area contributed by atoms with Crippen LogP contribution >= 0.6 is 11.6 Å². The Labute approximate surface area is 161 Å². The van der Waals surface area contributed by atoms with Crippen molar-refractivity contribution in [3.63, 3.8) is 0 Å². The van der Waals surface area contributed by atoms with Crippen LogP contribution in [0.3, 0.4) is 0 Å². The van der Waals surface area contributed by atoms with E-state index in [0.717, 1.165) is 0 Å². The minimum absolute atomic E-state index is 0.0926. The summed E-state index contributed by atoms with van der Waals surface area (Å²) in [7, 11) is 1.72. The van der Waals surface area contributed by atoms with Crippen LogP contribution in [0.1, 0.15) is 6.42 Å². The third-order valence-electron chi connectivity index (χ3n) is 3.62. The average molecular weight is 391 g/mol. The Morgan fingerprint density at radius 1 is 1.11 bits per heavy atom. The highest BCUT2D eigenvalue weighted by molar-refractivity contribution is 6.33. The summed E-state index contributed by atoms with van der Waals surface area (Å²) in [5.41, 5.74) is 0.787. The lowest BCUT2D eigenvalue weighted by Crippen LogP contribution is -2.32. The van der Waals surface area contributed by atoms with Crippen molar-refractivity contribution >= 4 is 40.5 Å². The third-order valence-corrected chi connectivity index (χ3v) is 3.95. The predicted molar refractivity (Wildman–Crippen MR) is 104 cm³/mol. The molecule has 8 nitrogen and oxygen atoms in total. The molecule has 0 atom stereocenters. The molecule has 0 aliphatic heterocycles. The second-order valence-corrected chi connectivity index (χ2v) is 6.28. The molecule has 0 saturated carbocycles. The standard InChI is InChI=1S/C18H19ClN4O4/c1-22(12-18(25)21-16-8-3-2-7-15(16)19)10-9-17(24)20-13-5-4-6-14(11-13)23(26)27/h2-8,11H,9-10,12H2,1H3,(H,20,24)(H,21,25). The summed E-state index contributed by atoms with van der Waals surface area (Å²) in [5.74, 6) is -0.543. The predicted octanol–water partition coefficient (Wildman–Crippen LogP) is 3.15. The SMILES string of the molecule is CN(CCC(=O)Nc1cccc([N+](=O)[O-])c1)CC(=O)Nc1ccccc1Cl. The van der Waals surface area contributed by atoms with E-state index in [0.29, 0.717) is 22.9 Å². The van der Waals surface area contributed by atoms with Gasteiger partial charge in [-0.05, 0) is 25.2 Å². The number of rotatable bonds is 8. The zero-order valence-electron chi connectivity index (χ0n) is 14.6. The number of nitro groups is 1. The number of anilines is 2. The summed E-state index contributed by atoms with van der Waals surface area (Å²) < 4.78 is 0. The summed E-state index contributed by atoms with van der Waals surface area (Å²) >= 11 is 5.99. The maximum atomic E-state index is 12.0. The molecule has 2 aromatic rings. The molecule has 0 heterocycles. The van der Waals surface area contributed by atoms with Crippen LogP contribution in [-0.2, 0) is 9.59 Å². The highest BCUT2D eigenvalue weighted by Crippen LogP contribution is 2.20. The molecule has 0 unspecified atom stereocenters. The maximum absolute atomic E-state index is 12.0. The summed E-state index contributed by atoms with van der Waals surface area (Å²) in [5, 5.41) is 16.5. The van der Waals surface area contributed by atoms with Crippen molar-refractivity contribution in [1.29, 1.82) is 0 Å². The Hall–Kier alpha value is -2.97. The fourth-order valence-corrected chi connectivity index (χ4v) is 2.47. The Kier molecular flexibility index (Phi) is 7.27. The van der Waals surface area contributed by atoms with Gasteiger partial charge in [-0.1, -0.05) is 29.8 Å². The molecule has 0 aliphatic rings.